The Kier molecular flexibility index (Phi) is 4.79. The highest BCUT2D eigenvalue weighted by atomic mass is 79.9. The number of aromatic nitrogens is 2. The summed E-state index contributed by atoms with van der Waals surface area (Å²) in [6, 6.07) is 7.00. The molecule has 106 valence electrons. The fourth-order valence-corrected chi connectivity index (χ4v) is 2.42. The van der Waals surface area contributed by atoms with E-state index in [1.165, 1.54) is 0 Å². The Hall–Kier alpha value is -1.82. The van der Waals surface area contributed by atoms with Crippen molar-refractivity contribution in [1.29, 1.82) is 0 Å². The van der Waals surface area contributed by atoms with Crippen LogP contribution < -0.4 is 11.1 Å². The van der Waals surface area contributed by atoms with Crippen LogP contribution in [0.1, 0.15) is 25.1 Å². The molecule has 5 nitrogen and oxygen atoms in total. The van der Waals surface area contributed by atoms with Crippen molar-refractivity contribution in [2.24, 2.45) is 5.73 Å². The minimum atomic E-state index is -0.609. The molecule has 1 unspecified atom stereocenters. The number of hydrogen-bond acceptors (Lipinski definition) is 3. The molecule has 6 heteroatoms. The molecule has 0 bridgehead atoms. The van der Waals surface area contributed by atoms with Gasteiger partial charge in [-0.25, -0.2) is 4.98 Å². The van der Waals surface area contributed by atoms with E-state index >= 15 is 0 Å². The largest absolute Gasteiger partial charge is 0.368 e. The van der Waals surface area contributed by atoms with Gasteiger partial charge in [-0.05, 0) is 34.5 Å². The number of rotatable bonds is 6. The second-order valence-electron chi connectivity index (χ2n) is 4.47. The lowest BCUT2D eigenvalue weighted by Gasteiger charge is -2.19. The number of primary amides is 1. The van der Waals surface area contributed by atoms with Crippen LogP contribution in [0.5, 0.6) is 0 Å². The SMILES string of the molecule is CCCn1cncc1C(Nc1ccccc1Br)C(N)=O. The van der Waals surface area contributed by atoms with Crippen molar-refractivity contribution in [2.45, 2.75) is 25.9 Å². The number of nitrogens with zero attached hydrogens (tertiary/aromatic N) is 2. The van der Waals surface area contributed by atoms with Crippen LogP contribution in [0.25, 0.3) is 0 Å². The molecule has 20 heavy (non-hydrogen) atoms. The molecule has 0 radical (unpaired) electrons. The smallest absolute Gasteiger partial charge is 0.246 e. The zero-order valence-electron chi connectivity index (χ0n) is 11.2. The number of nitrogens with one attached hydrogen (secondary N) is 1. The molecule has 1 aromatic heterocycles. The third-order valence-electron chi connectivity index (χ3n) is 2.96. The molecule has 0 saturated carbocycles. The maximum atomic E-state index is 11.8. The summed E-state index contributed by atoms with van der Waals surface area (Å²) in [5.41, 5.74) is 7.13. The Balaban J connectivity index is 2.30. The fraction of sp³-hybridized carbons (Fsp3) is 0.286. The molecular formula is C14H17BrN4O. The van der Waals surface area contributed by atoms with Gasteiger partial charge in [0.05, 0.1) is 18.2 Å². The number of anilines is 1. The van der Waals surface area contributed by atoms with Crippen LogP contribution >= 0.6 is 15.9 Å². The Labute approximate surface area is 126 Å². The van der Waals surface area contributed by atoms with Crippen LogP contribution in [0.15, 0.2) is 41.3 Å². The summed E-state index contributed by atoms with van der Waals surface area (Å²) in [6.45, 7) is 2.88. The van der Waals surface area contributed by atoms with Gasteiger partial charge in [-0.2, -0.15) is 0 Å². The molecule has 0 aliphatic carbocycles. The maximum absolute atomic E-state index is 11.8. The Morgan fingerprint density at radius 3 is 2.90 bits per heavy atom. The van der Waals surface area contributed by atoms with Crippen molar-refractivity contribution in [1.82, 2.24) is 9.55 Å². The van der Waals surface area contributed by atoms with Crippen LogP contribution in [0.3, 0.4) is 0 Å². The Morgan fingerprint density at radius 1 is 1.50 bits per heavy atom. The molecule has 0 spiro atoms. The van der Waals surface area contributed by atoms with E-state index in [1.54, 1.807) is 12.5 Å². The third kappa shape index (κ3) is 3.19. The fourth-order valence-electron chi connectivity index (χ4n) is 2.02. The molecule has 0 fully saturated rings. The predicted molar refractivity (Wildman–Crippen MR) is 82.2 cm³/mol. The summed E-state index contributed by atoms with van der Waals surface area (Å²) in [4.78, 5) is 15.9. The molecule has 1 heterocycles. The first-order valence-electron chi connectivity index (χ1n) is 6.44. The van der Waals surface area contributed by atoms with Gasteiger partial charge in [-0.1, -0.05) is 19.1 Å². The molecular weight excluding hydrogens is 320 g/mol. The molecule has 0 aliphatic rings. The second kappa shape index (κ2) is 6.56. The number of benzene rings is 1. The van der Waals surface area contributed by atoms with Crippen LogP contribution in [0.2, 0.25) is 0 Å². The highest BCUT2D eigenvalue weighted by Gasteiger charge is 2.22. The Morgan fingerprint density at radius 2 is 2.25 bits per heavy atom. The minimum Gasteiger partial charge on any atom is -0.368 e. The van der Waals surface area contributed by atoms with Crippen molar-refractivity contribution in [2.75, 3.05) is 5.32 Å². The van der Waals surface area contributed by atoms with Crippen LogP contribution in [-0.2, 0) is 11.3 Å². The number of aryl methyl sites for hydroxylation is 1. The molecule has 3 N–H and O–H groups in total. The van der Waals surface area contributed by atoms with E-state index in [0.717, 1.165) is 28.8 Å². The average Bonchev–Trinajstić information content (AvgIpc) is 2.86. The van der Waals surface area contributed by atoms with Gasteiger partial charge in [0, 0.05) is 16.7 Å². The van der Waals surface area contributed by atoms with Crippen LogP contribution in [0.4, 0.5) is 5.69 Å². The normalized spacial score (nSPS) is 12.1. The standard InChI is InChI=1S/C14H17BrN4O/c1-2-7-19-9-17-8-12(19)13(14(16)20)18-11-6-4-3-5-10(11)15/h3-6,8-9,13,18H,2,7H2,1H3,(H2,16,20). The number of halogens is 1. The summed E-state index contributed by atoms with van der Waals surface area (Å²) in [6.07, 6.45) is 4.36. The van der Waals surface area contributed by atoms with E-state index in [-0.39, 0.29) is 0 Å². The quantitative estimate of drug-likeness (QED) is 0.851. The van der Waals surface area contributed by atoms with Crippen molar-refractivity contribution in [3.63, 3.8) is 0 Å². The van der Waals surface area contributed by atoms with Crippen LogP contribution in [-0.4, -0.2) is 15.5 Å². The lowest BCUT2D eigenvalue weighted by Crippen LogP contribution is -2.29. The second-order valence-corrected chi connectivity index (χ2v) is 5.33. The van der Waals surface area contributed by atoms with Crippen LogP contribution in [0, 0.1) is 0 Å². The molecule has 1 aromatic carbocycles. The van der Waals surface area contributed by atoms with Gasteiger partial charge in [0.25, 0.3) is 0 Å². The number of amides is 1. The summed E-state index contributed by atoms with van der Waals surface area (Å²) in [7, 11) is 0. The van der Waals surface area contributed by atoms with Gasteiger partial charge in [-0.3, -0.25) is 4.79 Å². The molecule has 1 atom stereocenters. The lowest BCUT2D eigenvalue weighted by molar-refractivity contribution is -0.119. The highest BCUT2D eigenvalue weighted by molar-refractivity contribution is 9.10. The number of carbonyl (C=O) groups is 1. The van der Waals surface area contributed by atoms with Gasteiger partial charge in [0.15, 0.2) is 0 Å². The summed E-state index contributed by atoms with van der Waals surface area (Å²) in [5.74, 6) is -0.432. The van der Waals surface area contributed by atoms with E-state index in [4.69, 9.17) is 5.73 Å². The zero-order chi connectivity index (χ0) is 14.5. The first kappa shape index (κ1) is 14.6. The minimum absolute atomic E-state index is 0.432. The predicted octanol–water partition coefficient (Wildman–Crippen LogP) is 2.69. The van der Waals surface area contributed by atoms with E-state index in [0.29, 0.717) is 0 Å². The molecule has 0 saturated heterocycles. The number of para-hydroxylation sites is 1. The maximum Gasteiger partial charge on any atom is 0.246 e. The molecule has 2 rings (SSSR count). The van der Waals surface area contributed by atoms with Gasteiger partial charge < -0.3 is 15.6 Å². The van der Waals surface area contributed by atoms with Gasteiger partial charge in [0.2, 0.25) is 5.91 Å². The molecule has 0 aliphatic heterocycles. The number of carbonyl (C=O) groups excluding carboxylic acids is 1. The topological polar surface area (TPSA) is 72.9 Å². The summed E-state index contributed by atoms with van der Waals surface area (Å²) < 4.78 is 2.83. The summed E-state index contributed by atoms with van der Waals surface area (Å²) in [5, 5.41) is 3.17. The van der Waals surface area contributed by atoms with E-state index < -0.39 is 11.9 Å². The Bertz CT molecular complexity index is 596. The van der Waals surface area contributed by atoms with E-state index in [1.807, 2.05) is 28.8 Å². The third-order valence-corrected chi connectivity index (χ3v) is 3.65. The van der Waals surface area contributed by atoms with E-state index in [9.17, 15) is 4.79 Å². The first-order valence-corrected chi connectivity index (χ1v) is 7.23. The first-order chi connectivity index (χ1) is 9.63. The van der Waals surface area contributed by atoms with Crippen molar-refractivity contribution >= 4 is 27.5 Å². The number of nitrogens with two attached hydrogens (primary N) is 1. The van der Waals surface area contributed by atoms with Gasteiger partial charge >= 0.3 is 0 Å². The van der Waals surface area contributed by atoms with E-state index in [2.05, 4.69) is 33.2 Å². The molecule has 1 amide bonds. The van der Waals surface area contributed by atoms with Gasteiger partial charge in [-0.15, -0.1) is 0 Å². The highest BCUT2D eigenvalue weighted by Crippen LogP contribution is 2.26. The van der Waals surface area contributed by atoms with Crippen molar-refractivity contribution in [3.05, 3.63) is 47.0 Å². The number of hydrogen-bond donors (Lipinski definition) is 2. The molecule has 2 aromatic rings. The summed E-state index contributed by atoms with van der Waals surface area (Å²) >= 11 is 3.45. The zero-order valence-corrected chi connectivity index (χ0v) is 12.8. The number of imidazole rings is 1. The lowest BCUT2D eigenvalue weighted by atomic mass is 10.2. The monoisotopic (exact) mass is 336 g/mol. The van der Waals surface area contributed by atoms with Crippen molar-refractivity contribution < 1.29 is 4.79 Å². The van der Waals surface area contributed by atoms with Crippen molar-refractivity contribution in [3.8, 4) is 0 Å². The average molecular weight is 337 g/mol. The van der Waals surface area contributed by atoms with Gasteiger partial charge in [0.1, 0.15) is 6.04 Å².